The van der Waals surface area contributed by atoms with Crippen molar-refractivity contribution in [2.45, 2.75) is 40.3 Å². The van der Waals surface area contributed by atoms with Crippen LogP contribution in [-0.4, -0.2) is 40.2 Å². The van der Waals surface area contributed by atoms with Crippen LogP contribution in [0.3, 0.4) is 0 Å². The fraction of sp³-hybridized carbons (Fsp3) is 0.381. The van der Waals surface area contributed by atoms with Crippen LogP contribution in [0.5, 0.6) is 0 Å². The van der Waals surface area contributed by atoms with E-state index in [2.05, 4.69) is 4.98 Å². The molecule has 1 atom stereocenters. The van der Waals surface area contributed by atoms with Gasteiger partial charge in [0.25, 0.3) is 0 Å². The number of nitrogens with zero attached hydrogens (tertiary/aromatic N) is 3. The SMILES string of the molecule is CC.CCC(=O)N1CC(=O)N(C)C1c1ccccc1.Cc1cccnc1. The zero-order valence-corrected chi connectivity index (χ0v) is 16.3. The predicted molar refractivity (Wildman–Crippen MR) is 104 cm³/mol. The topological polar surface area (TPSA) is 53.5 Å². The van der Waals surface area contributed by atoms with Gasteiger partial charge in [0.2, 0.25) is 11.8 Å². The molecule has 2 amide bonds. The first-order valence-electron chi connectivity index (χ1n) is 9.01. The smallest absolute Gasteiger partial charge is 0.243 e. The zero-order chi connectivity index (χ0) is 19.5. The van der Waals surface area contributed by atoms with Gasteiger partial charge in [-0.15, -0.1) is 0 Å². The molecule has 5 nitrogen and oxygen atoms in total. The van der Waals surface area contributed by atoms with Gasteiger partial charge in [0, 0.05) is 25.9 Å². The highest BCUT2D eigenvalue weighted by Crippen LogP contribution is 2.29. The van der Waals surface area contributed by atoms with Gasteiger partial charge in [-0.2, -0.15) is 0 Å². The van der Waals surface area contributed by atoms with Crippen LogP contribution in [0.2, 0.25) is 0 Å². The van der Waals surface area contributed by atoms with Crippen molar-refractivity contribution in [3.8, 4) is 0 Å². The lowest BCUT2D eigenvalue weighted by Crippen LogP contribution is -2.33. The van der Waals surface area contributed by atoms with Crippen LogP contribution in [0.1, 0.15) is 44.5 Å². The molecule has 0 spiro atoms. The summed E-state index contributed by atoms with van der Waals surface area (Å²) in [5, 5.41) is 0. The quantitative estimate of drug-likeness (QED) is 0.823. The van der Waals surface area contributed by atoms with Gasteiger partial charge in [-0.25, -0.2) is 0 Å². The lowest BCUT2D eigenvalue weighted by Gasteiger charge is -2.27. The van der Waals surface area contributed by atoms with Crippen molar-refractivity contribution in [1.82, 2.24) is 14.8 Å². The number of amides is 2. The van der Waals surface area contributed by atoms with Crippen molar-refractivity contribution < 1.29 is 9.59 Å². The van der Waals surface area contributed by atoms with E-state index in [1.165, 1.54) is 5.56 Å². The van der Waals surface area contributed by atoms with Crippen LogP contribution < -0.4 is 0 Å². The van der Waals surface area contributed by atoms with Crippen molar-refractivity contribution in [3.63, 3.8) is 0 Å². The predicted octanol–water partition coefficient (Wildman–Crippen LogP) is 3.81. The summed E-state index contributed by atoms with van der Waals surface area (Å²) in [7, 11) is 1.74. The molecule has 0 aliphatic carbocycles. The van der Waals surface area contributed by atoms with Gasteiger partial charge in [0.15, 0.2) is 0 Å². The van der Waals surface area contributed by atoms with Crippen molar-refractivity contribution in [1.29, 1.82) is 0 Å². The zero-order valence-electron chi connectivity index (χ0n) is 16.3. The average Bonchev–Trinajstić information content (AvgIpc) is 2.99. The first kappa shape index (κ1) is 21.4. The second kappa shape index (κ2) is 11.0. The highest BCUT2D eigenvalue weighted by Gasteiger charge is 2.38. The van der Waals surface area contributed by atoms with E-state index < -0.39 is 0 Å². The van der Waals surface area contributed by atoms with E-state index in [1.54, 1.807) is 23.0 Å². The summed E-state index contributed by atoms with van der Waals surface area (Å²) >= 11 is 0. The summed E-state index contributed by atoms with van der Waals surface area (Å²) in [5.41, 5.74) is 2.19. The molecule has 1 unspecified atom stereocenters. The van der Waals surface area contributed by atoms with Gasteiger partial charge >= 0.3 is 0 Å². The summed E-state index contributed by atoms with van der Waals surface area (Å²) in [4.78, 5) is 30.7. The maximum Gasteiger partial charge on any atom is 0.243 e. The molecule has 1 aliphatic rings. The Balaban J connectivity index is 0.000000313. The van der Waals surface area contributed by atoms with E-state index >= 15 is 0 Å². The van der Waals surface area contributed by atoms with Crippen LogP contribution in [0, 0.1) is 6.92 Å². The molecule has 0 radical (unpaired) electrons. The highest BCUT2D eigenvalue weighted by molar-refractivity contribution is 5.88. The van der Waals surface area contributed by atoms with E-state index in [1.807, 2.05) is 76.4 Å². The van der Waals surface area contributed by atoms with Crippen LogP contribution in [0.4, 0.5) is 0 Å². The number of hydrogen-bond acceptors (Lipinski definition) is 3. The molecule has 1 fully saturated rings. The van der Waals surface area contributed by atoms with Gasteiger partial charge in [0.05, 0.1) is 0 Å². The van der Waals surface area contributed by atoms with Crippen molar-refractivity contribution in [2.75, 3.05) is 13.6 Å². The standard InChI is InChI=1S/C13H16N2O2.C6H7N.C2H6/c1-3-11(16)15-9-12(17)14(2)13(15)10-7-5-4-6-8-10;1-6-3-2-4-7-5-6;1-2/h4-8,13H,3,9H2,1-2H3;2-5H,1H3;1-2H3. The number of carbonyl (C=O) groups is 2. The van der Waals surface area contributed by atoms with E-state index in [0.29, 0.717) is 6.42 Å². The number of pyridine rings is 1. The van der Waals surface area contributed by atoms with Crippen molar-refractivity contribution in [2.24, 2.45) is 0 Å². The first-order valence-corrected chi connectivity index (χ1v) is 9.01. The van der Waals surface area contributed by atoms with Gasteiger partial charge in [-0.05, 0) is 24.1 Å². The van der Waals surface area contributed by atoms with Gasteiger partial charge in [-0.1, -0.05) is 57.2 Å². The molecule has 1 aromatic carbocycles. The molecule has 2 heterocycles. The maximum atomic E-state index is 11.8. The Kier molecular flexibility index (Phi) is 9.06. The summed E-state index contributed by atoms with van der Waals surface area (Å²) in [6.45, 7) is 8.02. The van der Waals surface area contributed by atoms with Crippen LogP contribution >= 0.6 is 0 Å². The number of hydrogen-bond donors (Lipinski definition) is 0. The molecular weight excluding hydrogens is 326 g/mol. The Labute approximate surface area is 156 Å². The molecule has 5 heteroatoms. The Bertz CT molecular complexity index is 674. The van der Waals surface area contributed by atoms with Crippen LogP contribution in [0.15, 0.2) is 54.9 Å². The Morgan fingerprint density at radius 2 is 1.81 bits per heavy atom. The van der Waals surface area contributed by atoms with Crippen molar-refractivity contribution in [3.05, 3.63) is 66.0 Å². The fourth-order valence-corrected chi connectivity index (χ4v) is 2.59. The minimum Gasteiger partial charge on any atom is -0.320 e. The molecule has 2 aromatic rings. The van der Waals surface area contributed by atoms with E-state index in [9.17, 15) is 9.59 Å². The Hall–Kier alpha value is -2.69. The highest BCUT2D eigenvalue weighted by atomic mass is 16.2. The van der Waals surface area contributed by atoms with Gasteiger partial charge in [0.1, 0.15) is 12.7 Å². The molecule has 1 saturated heterocycles. The van der Waals surface area contributed by atoms with E-state index in [0.717, 1.165) is 5.56 Å². The van der Waals surface area contributed by atoms with Gasteiger partial charge in [-0.3, -0.25) is 14.6 Å². The lowest BCUT2D eigenvalue weighted by molar-refractivity contribution is -0.133. The normalized spacial score (nSPS) is 15.6. The summed E-state index contributed by atoms with van der Waals surface area (Å²) in [6.07, 6.45) is 3.77. The molecule has 0 saturated carbocycles. The third-order valence-corrected chi connectivity index (χ3v) is 3.89. The third kappa shape index (κ3) is 5.69. The lowest BCUT2D eigenvalue weighted by atomic mass is 10.1. The number of carbonyl (C=O) groups excluding carboxylic acids is 2. The number of rotatable bonds is 2. The van der Waals surface area contributed by atoms with E-state index in [4.69, 9.17) is 0 Å². The van der Waals surface area contributed by atoms with E-state index in [-0.39, 0.29) is 24.5 Å². The molecule has 3 rings (SSSR count). The maximum absolute atomic E-state index is 11.8. The van der Waals surface area contributed by atoms with Crippen molar-refractivity contribution >= 4 is 11.8 Å². The summed E-state index contributed by atoms with van der Waals surface area (Å²) in [5.74, 6) is -0.00259. The molecule has 26 heavy (non-hydrogen) atoms. The third-order valence-electron chi connectivity index (χ3n) is 3.89. The Morgan fingerprint density at radius 3 is 2.27 bits per heavy atom. The number of aryl methyl sites for hydroxylation is 1. The average molecular weight is 355 g/mol. The molecule has 140 valence electrons. The van der Waals surface area contributed by atoms with Crippen LogP contribution in [-0.2, 0) is 9.59 Å². The molecule has 0 bridgehead atoms. The first-order chi connectivity index (χ1) is 12.5. The molecular formula is C21H29N3O2. The minimum absolute atomic E-state index is 0.0107. The number of aromatic nitrogens is 1. The molecule has 1 aliphatic heterocycles. The number of benzene rings is 1. The number of likely N-dealkylation sites (N-methyl/N-ethyl adjacent to an activating group) is 1. The monoisotopic (exact) mass is 355 g/mol. The second-order valence-corrected chi connectivity index (χ2v) is 5.69. The Morgan fingerprint density at radius 1 is 1.15 bits per heavy atom. The summed E-state index contributed by atoms with van der Waals surface area (Å²) in [6, 6.07) is 13.6. The molecule has 0 N–H and O–H groups in total. The molecule has 1 aromatic heterocycles. The van der Waals surface area contributed by atoms with Gasteiger partial charge < -0.3 is 9.80 Å². The fourth-order valence-electron chi connectivity index (χ4n) is 2.59. The summed E-state index contributed by atoms with van der Waals surface area (Å²) < 4.78 is 0. The second-order valence-electron chi connectivity index (χ2n) is 5.69. The van der Waals surface area contributed by atoms with Crippen LogP contribution in [0.25, 0.3) is 0 Å². The minimum atomic E-state index is -0.254. The largest absolute Gasteiger partial charge is 0.320 e.